The summed E-state index contributed by atoms with van der Waals surface area (Å²) in [4.78, 5) is 13.3. The predicted octanol–water partition coefficient (Wildman–Crippen LogP) is 1.68. The van der Waals surface area contributed by atoms with E-state index < -0.39 is 0 Å². The zero-order valence-corrected chi connectivity index (χ0v) is 11.1. The van der Waals surface area contributed by atoms with Gasteiger partial charge in [-0.05, 0) is 37.5 Å². The molecule has 1 heterocycles. The average molecular weight is 247 g/mol. The highest BCUT2D eigenvalue weighted by Gasteiger charge is 2.20. The monoisotopic (exact) mass is 247 g/mol. The van der Waals surface area contributed by atoms with E-state index in [0.29, 0.717) is 6.04 Å². The van der Waals surface area contributed by atoms with Crippen molar-refractivity contribution in [3.05, 3.63) is 23.8 Å². The first-order valence-electron chi connectivity index (χ1n) is 6.44. The van der Waals surface area contributed by atoms with Crippen molar-refractivity contribution in [3.63, 3.8) is 0 Å². The van der Waals surface area contributed by atoms with Gasteiger partial charge in [-0.3, -0.25) is 4.79 Å². The molecule has 0 spiro atoms. The molecule has 0 saturated carbocycles. The summed E-state index contributed by atoms with van der Waals surface area (Å²) in [6.07, 6.45) is 1.96. The zero-order valence-electron chi connectivity index (χ0n) is 11.1. The lowest BCUT2D eigenvalue weighted by atomic mass is 10.0. The van der Waals surface area contributed by atoms with Gasteiger partial charge in [0.2, 0.25) is 5.91 Å². The molecule has 3 N–H and O–H groups in total. The molecule has 1 aromatic carbocycles. The molecule has 0 atom stereocenters. The normalized spacial score (nSPS) is 16.7. The molecule has 1 aliphatic heterocycles. The quantitative estimate of drug-likeness (QED) is 0.782. The number of benzene rings is 1. The van der Waals surface area contributed by atoms with Gasteiger partial charge in [0.15, 0.2) is 0 Å². The number of rotatable bonds is 2. The molecule has 1 saturated heterocycles. The second-order valence-corrected chi connectivity index (χ2v) is 5.02. The fourth-order valence-electron chi connectivity index (χ4n) is 2.48. The Morgan fingerprint density at radius 2 is 2.06 bits per heavy atom. The molecular formula is C14H21N3O. The highest BCUT2D eigenvalue weighted by atomic mass is 16.1. The lowest BCUT2D eigenvalue weighted by molar-refractivity contribution is -0.119. The average Bonchev–Trinajstić information content (AvgIpc) is 2.33. The number of nitrogens with one attached hydrogen (secondary N) is 1. The second-order valence-electron chi connectivity index (χ2n) is 5.02. The van der Waals surface area contributed by atoms with Gasteiger partial charge in [0.25, 0.3) is 0 Å². The Hall–Kier alpha value is -1.71. The van der Waals surface area contributed by atoms with E-state index >= 15 is 0 Å². The number of hydrogen-bond acceptors (Lipinski definition) is 3. The molecule has 1 amide bonds. The number of carbonyl (C=O) groups excluding carboxylic acids is 1. The molecular weight excluding hydrogens is 226 g/mol. The van der Waals surface area contributed by atoms with E-state index in [4.69, 9.17) is 5.73 Å². The third kappa shape index (κ3) is 2.94. The number of nitrogens with two attached hydrogens (primary N) is 1. The van der Waals surface area contributed by atoms with E-state index in [9.17, 15) is 4.79 Å². The molecule has 98 valence electrons. The SMILES string of the molecule is CC(=O)NC1CCN(c2cc(C)ccc2N)CC1. The van der Waals surface area contributed by atoms with Crippen LogP contribution in [0.25, 0.3) is 0 Å². The molecule has 1 fully saturated rings. The van der Waals surface area contributed by atoms with Crippen molar-refractivity contribution in [3.8, 4) is 0 Å². The molecule has 18 heavy (non-hydrogen) atoms. The Balaban J connectivity index is 2.01. The maximum atomic E-state index is 11.0. The Morgan fingerprint density at radius 1 is 1.39 bits per heavy atom. The van der Waals surface area contributed by atoms with Crippen LogP contribution in [0.15, 0.2) is 18.2 Å². The van der Waals surface area contributed by atoms with Crippen LogP contribution in [-0.4, -0.2) is 25.0 Å². The summed E-state index contributed by atoms with van der Waals surface area (Å²) in [5.41, 5.74) is 9.20. The summed E-state index contributed by atoms with van der Waals surface area (Å²) < 4.78 is 0. The van der Waals surface area contributed by atoms with E-state index in [1.807, 2.05) is 12.1 Å². The van der Waals surface area contributed by atoms with E-state index in [-0.39, 0.29) is 5.91 Å². The molecule has 0 unspecified atom stereocenters. The first-order chi connectivity index (χ1) is 8.56. The van der Waals surface area contributed by atoms with Gasteiger partial charge in [0.1, 0.15) is 0 Å². The molecule has 4 heteroatoms. The van der Waals surface area contributed by atoms with Crippen molar-refractivity contribution in [2.45, 2.75) is 32.7 Å². The van der Waals surface area contributed by atoms with Gasteiger partial charge in [-0.25, -0.2) is 0 Å². The van der Waals surface area contributed by atoms with Crippen LogP contribution in [0.1, 0.15) is 25.3 Å². The first kappa shape index (κ1) is 12.7. The van der Waals surface area contributed by atoms with Gasteiger partial charge < -0.3 is 16.0 Å². The summed E-state index contributed by atoms with van der Waals surface area (Å²) in [6, 6.07) is 6.44. The minimum Gasteiger partial charge on any atom is -0.397 e. The number of nitrogen functional groups attached to an aromatic ring is 1. The van der Waals surface area contributed by atoms with E-state index in [0.717, 1.165) is 37.3 Å². The van der Waals surface area contributed by atoms with E-state index in [1.165, 1.54) is 5.56 Å². The van der Waals surface area contributed by atoms with Crippen LogP contribution in [0, 0.1) is 6.92 Å². The van der Waals surface area contributed by atoms with Gasteiger partial charge in [-0.1, -0.05) is 6.07 Å². The number of nitrogens with zero attached hydrogens (tertiary/aromatic N) is 1. The van der Waals surface area contributed by atoms with Gasteiger partial charge in [0.05, 0.1) is 11.4 Å². The molecule has 4 nitrogen and oxygen atoms in total. The fraction of sp³-hybridized carbons (Fsp3) is 0.500. The van der Waals surface area contributed by atoms with Crippen molar-refractivity contribution >= 4 is 17.3 Å². The topological polar surface area (TPSA) is 58.4 Å². The predicted molar refractivity (Wildman–Crippen MR) is 74.6 cm³/mol. The third-order valence-electron chi connectivity index (χ3n) is 3.43. The zero-order chi connectivity index (χ0) is 13.1. The molecule has 0 aromatic heterocycles. The maximum Gasteiger partial charge on any atom is 0.217 e. The number of aryl methyl sites for hydroxylation is 1. The Labute approximate surface area is 108 Å². The van der Waals surface area contributed by atoms with Crippen molar-refractivity contribution in [2.24, 2.45) is 0 Å². The first-order valence-corrected chi connectivity index (χ1v) is 6.44. The number of piperidine rings is 1. The molecule has 2 rings (SSSR count). The van der Waals surface area contributed by atoms with Crippen LogP contribution in [0.4, 0.5) is 11.4 Å². The van der Waals surface area contributed by atoms with Crippen LogP contribution in [0.2, 0.25) is 0 Å². The Bertz CT molecular complexity index is 437. The Morgan fingerprint density at radius 3 is 2.67 bits per heavy atom. The summed E-state index contributed by atoms with van der Waals surface area (Å²) in [6.45, 7) is 5.54. The summed E-state index contributed by atoms with van der Waals surface area (Å²) in [7, 11) is 0. The van der Waals surface area contributed by atoms with Crippen molar-refractivity contribution in [1.29, 1.82) is 0 Å². The second kappa shape index (κ2) is 5.29. The number of hydrogen-bond donors (Lipinski definition) is 2. The van der Waals surface area contributed by atoms with Gasteiger partial charge in [0, 0.05) is 26.1 Å². The number of anilines is 2. The van der Waals surface area contributed by atoms with Gasteiger partial charge in [-0.2, -0.15) is 0 Å². The molecule has 1 aromatic rings. The summed E-state index contributed by atoms with van der Waals surface area (Å²) in [5.74, 6) is 0.0588. The van der Waals surface area contributed by atoms with Crippen LogP contribution in [0.5, 0.6) is 0 Å². The highest BCUT2D eigenvalue weighted by molar-refractivity contribution is 5.73. The van der Waals surface area contributed by atoms with Crippen LogP contribution >= 0.6 is 0 Å². The van der Waals surface area contributed by atoms with Crippen molar-refractivity contribution in [1.82, 2.24) is 5.32 Å². The van der Waals surface area contributed by atoms with Gasteiger partial charge in [-0.15, -0.1) is 0 Å². The standard InChI is InChI=1S/C14H21N3O/c1-10-3-4-13(15)14(9-10)17-7-5-12(6-8-17)16-11(2)18/h3-4,9,12H,5-8,15H2,1-2H3,(H,16,18). The van der Waals surface area contributed by atoms with Crippen molar-refractivity contribution < 1.29 is 4.79 Å². The minimum absolute atomic E-state index is 0.0588. The van der Waals surface area contributed by atoms with Gasteiger partial charge >= 0.3 is 0 Å². The molecule has 1 aliphatic rings. The van der Waals surface area contributed by atoms with Crippen LogP contribution in [-0.2, 0) is 4.79 Å². The molecule has 0 aliphatic carbocycles. The molecule has 0 radical (unpaired) electrons. The summed E-state index contributed by atoms with van der Waals surface area (Å²) in [5, 5.41) is 2.98. The van der Waals surface area contributed by atoms with Crippen LogP contribution in [0.3, 0.4) is 0 Å². The summed E-state index contributed by atoms with van der Waals surface area (Å²) >= 11 is 0. The smallest absolute Gasteiger partial charge is 0.217 e. The number of carbonyl (C=O) groups is 1. The third-order valence-corrected chi connectivity index (χ3v) is 3.43. The largest absolute Gasteiger partial charge is 0.397 e. The van der Waals surface area contributed by atoms with E-state index in [1.54, 1.807) is 6.92 Å². The number of amides is 1. The highest BCUT2D eigenvalue weighted by Crippen LogP contribution is 2.27. The maximum absolute atomic E-state index is 11.0. The lowest BCUT2D eigenvalue weighted by Gasteiger charge is -2.34. The minimum atomic E-state index is 0.0588. The van der Waals surface area contributed by atoms with Crippen molar-refractivity contribution in [2.75, 3.05) is 23.7 Å². The van der Waals surface area contributed by atoms with Crippen LogP contribution < -0.4 is 16.0 Å². The van der Waals surface area contributed by atoms with E-state index in [2.05, 4.69) is 23.2 Å². The fourth-order valence-corrected chi connectivity index (χ4v) is 2.48. The Kier molecular flexibility index (Phi) is 3.75. The molecule has 0 bridgehead atoms. The lowest BCUT2D eigenvalue weighted by Crippen LogP contribution is -2.44.